The predicted molar refractivity (Wildman–Crippen MR) is 65.1 cm³/mol. The molecule has 0 aliphatic rings. The summed E-state index contributed by atoms with van der Waals surface area (Å²) >= 11 is 3.05. The molecule has 0 amide bonds. The number of carboxylic acid groups (broad SMARTS) is 1. The topological polar surface area (TPSA) is 97.5 Å². The molecule has 1 atom stereocenters. The van der Waals surface area contributed by atoms with Crippen molar-refractivity contribution in [2.75, 3.05) is 5.75 Å². The largest absolute Gasteiger partial charge is 0.481 e. The van der Waals surface area contributed by atoms with E-state index < -0.39 is 27.4 Å². The quantitative estimate of drug-likeness (QED) is 0.657. The van der Waals surface area contributed by atoms with Crippen molar-refractivity contribution in [1.29, 1.82) is 0 Å². The minimum absolute atomic E-state index is 0.0332. The first-order valence-electron chi connectivity index (χ1n) is 4.40. The van der Waals surface area contributed by atoms with Crippen LogP contribution in [-0.4, -0.2) is 26.0 Å². The van der Waals surface area contributed by atoms with Crippen molar-refractivity contribution in [3.8, 4) is 0 Å². The highest BCUT2D eigenvalue weighted by molar-refractivity contribution is 9.10. The number of benzene rings is 1. The van der Waals surface area contributed by atoms with E-state index >= 15 is 0 Å². The number of halogens is 1. The minimum Gasteiger partial charge on any atom is -0.481 e. The van der Waals surface area contributed by atoms with Crippen LogP contribution in [0.5, 0.6) is 0 Å². The summed E-state index contributed by atoms with van der Waals surface area (Å²) in [4.78, 5) is 20.4. The summed E-state index contributed by atoms with van der Waals surface area (Å²) in [5.74, 6) is -1.67. The Bertz CT molecular complexity index is 490. The third-order valence-corrected chi connectivity index (χ3v) is 3.97. The molecule has 0 saturated carbocycles. The first-order valence-corrected chi connectivity index (χ1v) is 6.68. The van der Waals surface area contributed by atoms with Gasteiger partial charge in [0.1, 0.15) is 5.75 Å². The number of carbonyl (C=O) groups is 1. The Morgan fingerprint density at radius 1 is 1.53 bits per heavy atom. The van der Waals surface area contributed by atoms with Crippen molar-refractivity contribution in [1.82, 2.24) is 0 Å². The molecule has 1 unspecified atom stereocenters. The van der Waals surface area contributed by atoms with Crippen LogP contribution in [0.3, 0.4) is 0 Å². The van der Waals surface area contributed by atoms with Crippen LogP contribution >= 0.6 is 15.9 Å². The van der Waals surface area contributed by atoms with Crippen LogP contribution in [0.1, 0.15) is 5.56 Å². The van der Waals surface area contributed by atoms with Gasteiger partial charge >= 0.3 is 5.97 Å². The Balaban J connectivity index is 2.92. The van der Waals surface area contributed by atoms with Crippen LogP contribution in [0.4, 0.5) is 5.69 Å². The van der Waals surface area contributed by atoms with Crippen molar-refractivity contribution >= 4 is 38.4 Å². The van der Waals surface area contributed by atoms with Crippen molar-refractivity contribution < 1.29 is 19.0 Å². The fourth-order valence-electron chi connectivity index (χ4n) is 1.18. The molecular weight excluding hydrogens is 314 g/mol. The maximum Gasteiger partial charge on any atom is 0.316 e. The second-order valence-electron chi connectivity index (χ2n) is 3.13. The second kappa shape index (κ2) is 5.87. The Morgan fingerprint density at radius 3 is 2.71 bits per heavy atom. The molecule has 1 rings (SSSR count). The summed E-state index contributed by atoms with van der Waals surface area (Å²) in [6.07, 6.45) is 0. The fraction of sp³-hybridized carbons (Fsp3) is 0.222. The summed E-state index contributed by atoms with van der Waals surface area (Å²) in [5, 5.41) is 19.1. The smallest absolute Gasteiger partial charge is 0.316 e. The normalized spacial score (nSPS) is 12.1. The van der Waals surface area contributed by atoms with Crippen LogP contribution in [-0.2, 0) is 21.3 Å². The molecule has 0 aliphatic heterocycles. The minimum atomic E-state index is -1.59. The molecule has 1 aromatic carbocycles. The number of hydrogen-bond acceptors (Lipinski definition) is 4. The van der Waals surface area contributed by atoms with Gasteiger partial charge in [-0.2, -0.15) is 0 Å². The third kappa shape index (κ3) is 3.90. The van der Waals surface area contributed by atoms with Gasteiger partial charge in [0.05, 0.1) is 15.1 Å². The predicted octanol–water partition coefficient (Wildman–Crippen LogP) is 1.69. The highest BCUT2D eigenvalue weighted by Gasteiger charge is 2.17. The SMILES string of the molecule is O=C(O)CS(=O)Cc1cccc([N+](=O)[O-])c1Br. The van der Waals surface area contributed by atoms with Crippen LogP contribution in [0.25, 0.3) is 0 Å². The zero-order valence-electron chi connectivity index (χ0n) is 8.46. The monoisotopic (exact) mass is 321 g/mol. The molecule has 6 nitrogen and oxygen atoms in total. The molecule has 1 N–H and O–H groups in total. The number of rotatable bonds is 5. The molecule has 0 radical (unpaired) electrons. The van der Waals surface area contributed by atoms with Gasteiger partial charge in [-0.1, -0.05) is 12.1 Å². The van der Waals surface area contributed by atoms with Crippen LogP contribution in [0.2, 0.25) is 0 Å². The van der Waals surface area contributed by atoms with E-state index in [1.807, 2.05) is 0 Å². The molecular formula is C9H8BrNO5S. The lowest BCUT2D eigenvalue weighted by Gasteiger charge is -2.03. The molecule has 0 spiro atoms. The third-order valence-electron chi connectivity index (χ3n) is 1.86. The van der Waals surface area contributed by atoms with Gasteiger partial charge in [0.15, 0.2) is 0 Å². The van der Waals surface area contributed by atoms with Gasteiger partial charge in [0.2, 0.25) is 0 Å². The van der Waals surface area contributed by atoms with E-state index in [0.717, 1.165) is 0 Å². The van der Waals surface area contributed by atoms with E-state index in [-0.39, 0.29) is 15.9 Å². The number of aliphatic carboxylic acids is 1. The van der Waals surface area contributed by atoms with Gasteiger partial charge in [0.25, 0.3) is 5.69 Å². The fourth-order valence-corrected chi connectivity index (χ4v) is 2.88. The van der Waals surface area contributed by atoms with Crippen molar-refractivity contribution in [2.24, 2.45) is 0 Å². The summed E-state index contributed by atoms with van der Waals surface area (Å²) in [7, 11) is -1.59. The van der Waals surface area contributed by atoms with E-state index in [4.69, 9.17) is 5.11 Å². The lowest BCUT2D eigenvalue weighted by atomic mass is 10.2. The van der Waals surface area contributed by atoms with Crippen molar-refractivity contribution in [3.05, 3.63) is 38.3 Å². The Morgan fingerprint density at radius 2 is 2.18 bits per heavy atom. The Hall–Kier alpha value is -1.28. The molecule has 0 saturated heterocycles. The van der Waals surface area contributed by atoms with Crippen molar-refractivity contribution in [3.63, 3.8) is 0 Å². The number of nitro benzene ring substituents is 1. The van der Waals surface area contributed by atoms with E-state index in [1.54, 1.807) is 6.07 Å². The molecule has 8 heteroatoms. The number of nitro groups is 1. The zero-order chi connectivity index (χ0) is 13.0. The van der Waals surface area contributed by atoms with Gasteiger partial charge in [-0.3, -0.25) is 19.1 Å². The van der Waals surface area contributed by atoms with Crippen LogP contribution in [0.15, 0.2) is 22.7 Å². The molecule has 92 valence electrons. The first-order chi connectivity index (χ1) is 7.91. The zero-order valence-corrected chi connectivity index (χ0v) is 10.9. The highest BCUT2D eigenvalue weighted by Crippen LogP contribution is 2.28. The molecule has 0 bridgehead atoms. The standard InChI is InChI=1S/C9H8BrNO5S/c10-9-6(4-17(16)5-8(12)13)2-1-3-7(9)11(14)15/h1-3H,4-5H2,(H,12,13). The van der Waals surface area contributed by atoms with Crippen LogP contribution < -0.4 is 0 Å². The molecule has 0 aromatic heterocycles. The maximum absolute atomic E-state index is 11.4. The number of nitrogens with zero attached hydrogens (tertiary/aromatic N) is 1. The summed E-state index contributed by atoms with van der Waals surface area (Å²) in [6, 6.07) is 4.35. The number of carboxylic acids is 1. The summed E-state index contributed by atoms with van der Waals surface area (Å²) in [6.45, 7) is 0. The molecule has 0 aliphatic carbocycles. The van der Waals surface area contributed by atoms with Gasteiger partial charge in [-0.25, -0.2) is 0 Å². The van der Waals surface area contributed by atoms with E-state index in [9.17, 15) is 19.1 Å². The average molecular weight is 322 g/mol. The molecule has 1 aromatic rings. The molecule has 0 heterocycles. The van der Waals surface area contributed by atoms with E-state index in [2.05, 4.69) is 15.9 Å². The Kier molecular flexibility index (Phi) is 4.76. The average Bonchev–Trinajstić information content (AvgIpc) is 2.19. The number of hydrogen-bond donors (Lipinski definition) is 1. The Labute approximate surface area is 107 Å². The molecule has 17 heavy (non-hydrogen) atoms. The van der Waals surface area contributed by atoms with Gasteiger partial charge in [-0.05, 0) is 21.5 Å². The van der Waals surface area contributed by atoms with Gasteiger partial charge in [0, 0.05) is 16.9 Å². The summed E-state index contributed by atoms with van der Waals surface area (Å²) < 4.78 is 11.6. The summed E-state index contributed by atoms with van der Waals surface area (Å²) in [5.41, 5.74) is 0.327. The first kappa shape index (κ1) is 13.8. The van der Waals surface area contributed by atoms with E-state index in [1.165, 1.54) is 12.1 Å². The second-order valence-corrected chi connectivity index (χ2v) is 5.38. The highest BCUT2D eigenvalue weighted by atomic mass is 79.9. The lowest BCUT2D eigenvalue weighted by molar-refractivity contribution is -0.385. The molecule has 0 fully saturated rings. The lowest BCUT2D eigenvalue weighted by Crippen LogP contribution is -2.11. The van der Waals surface area contributed by atoms with E-state index in [0.29, 0.717) is 5.56 Å². The van der Waals surface area contributed by atoms with Gasteiger partial charge < -0.3 is 5.11 Å². The van der Waals surface area contributed by atoms with Crippen LogP contribution in [0, 0.1) is 10.1 Å². The van der Waals surface area contributed by atoms with Gasteiger partial charge in [-0.15, -0.1) is 0 Å². The maximum atomic E-state index is 11.4. The van der Waals surface area contributed by atoms with Crippen molar-refractivity contribution in [2.45, 2.75) is 5.75 Å².